The number of nitrogens with one attached hydrogen (secondary N) is 2. The zero-order valence-corrected chi connectivity index (χ0v) is 25.5. The van der Waals surface area contributed by atoms with Crippen molar-refractivity contribution in [1.82, 2.24) is 24.7 Å². The van der Waals surface area contributed by atoms with E-state index < -0.39 is 30.2 Å². The van der Waals surface area contributed by atoms with E-state index in [0.717, 1.165) is 25.5 Å². The van der Waals surface area contributed by atoms with E-state index in [1.807, 2.05) is 0 Å². The number of carbonyl (C=O) groups excluding carboxylic acids is 3. The number of nitrogens with zero attached hydrogens (tertiary/aromatic N) is 4. The van der Waals surface area contributed by atoms with Crippen LogP contribution in [0.4, 0.5) is 18.9 Å². The van der Waals surface area contributed by atoms with Crippen LogP contribution < -0.4 is 15.4 Å². The van der Waals surface area contributed by atoms with E-state index in [-0.39, 0.29) is 57.7 Å². The Morgan fingerprint density at radius 2 is 1.83 bits per heavy atom. The van der Waals surface area contributed by atoms with Gasteiger partial charge in [0.05, 0.1) is 22.5 Å². The van der Waals surface area contributed by atoms with E-state index >= 15 is 0 Å². The van der Waals surface area contributed by atoms with Gasteiger partial charge in [0.25, 0.3) is 18.3 Å². The molecule has 16 heteroatoms. The molecule has 2 saturated heterocycles. The number of piperazine rings is 1. The Morgan fingerprint density at radius 3 is 2.46 bits per heavy atom. The number of imidazole rings is 1. The van der Waals surface area contributed by atoms with Gasteiger partial charge in [-0.1, -0.05) is 11.6 Å². The van der Waals surface area contributed by atoms with Crippen LogP contribution in [0.25, 0.3) is 11.3 Å². The Morgan fingerprint density at radius 1 is 1.13 bits per heavy atom. The van der Waals surface area contributed by atoms with Gasteiger partial charge in [-0.25, -0.2) is 13.8 Å². The normalized spacial score (nSPS) is 16.0. The number of benzene rings is 2. The minimum atomic E-state index is -1.36. The Bertz CT molecular complexity index is 1590. The van der Waals surface area contributed by atoms with Gasteiger partial charge in [-0.2, -0.15) is 4.39 Å². The zero-order valence-electron chi connectivity index (χ0n) is 24.8. The molecule has 5 rings (SSSR count). The molecule has 0 unspecified atom stereocenters. The zero-order chi connectivity index (χ0) is 33.4. The quantitative estimate of drug-likeness (QED) is 0.309. The average molecular weight is 665 g/mol. The predicted octanol–water partition coefficient (Wildman–Crippen LogP) is 3.70. The van der Waals surface area contributed by atoms with Crippen LogP contribution in [0.1, 0.15) is 40.2 Å². The summed E-state index contributed by atoms with van der Waals surface area (Å²) in [5, 5.41) is 13.0. The summed E-state index contributed by atoms with van der Waals surface area (Å²) >= 11 is 6.43. The van der Waals surface area contributed by atoms with Crippen molar-refractivity contribution in [2.45, 2.75) is 25.3 Å². The summed E-state index contributed by atoms with van der Waals surface area (Å²) in [5.74, 6) is -4.17. The number of anilines is 1. The van der Waals surface area contributed by atoms with Crippen LogP contribution in [0.5, 0.6) is 5.75 Å². The summed E-state index contributed by atoms with van der Waals surface area (Å²) in [6.45, 7) is 1.03. The number of ether oxygens (including phenoxy) is 1. The van der Waals surface area contributed by atoms with Gasteiger partial charge >= 0.3 is 0 Å². The number of alkyl halides is 1. The molecule has 3 heterocycles. The largest absolute Gasteiger partial charge is 0.483 e. The molecule has 2 aliphatic rings. The van der Waals surface area contributed by atoms with E-state index in [2.05, 4.69) is 20.4 Å². The highest BCUT2D eigenvalue weighted by Crippen LogP contribution is 2.30. The molecule has 0 spiro atoms. The van der Waals surface area contributed by atoms with Crippen molar-refractivity contribution in [3.8, 4) is 17.0 Å². The van der Waals surface area contributed by atoms with E-state index in [0.29, 0.717) is 32.6 Å². The van der Waals surface area contributed by atoms with E-state index in [9.17, 15) is 27.6 Å². The fraction of sp³-hybridized carbons (Fsp3) is 0.367. The van der Waals surface area contributed by atoms with Crippen LogP contribution in [-0.4, -0.2) is 94.3 Å². The number of aromatic nitrogens is 2. The first-order valence-electron chi connectivity index (χ1n) is 14.3. The molecule has 0 bridgehead atoms. The van der Waals surface area contributed by atoms with Crippen molar-refractivity contribution in [2.75, 3.05) is 44.9 Å². The van der Waals surface area contributed by atoms with Crippen LogP contribution in [0.2, 0.25) is 5.02 Å². The van der Waals surface area contributed by atoms with Crippen LogP contribution in [-0.2, 0) is 16.6 Å². The molecular formula is C30H32ClF3N6O6. The standard InChI is InChI=1S/C29H30ClF3N6O4.CH2O2/c1-37-22(20-6-7-23(43-16-31)26(33)25(20)32)15-35-27(37)28(41)36-18-4-5-19(21(30)13-18)29(42)39-11-9-38(10-12-39)24(40)14-17-3-2-8-34-17;2-1-3/h4-7,13,15,17,34H,2-3,8-12,14,16H2,1H3,(H,36,41);1H,(H,2,3)/t17-;/m0./s1. The summed E-state index contributed by atoms with van der Waals surface area (Å²) in [7, 11) is 1.45. The molecule has 0 radical (unpaired) electrons. The Hall–Kier alpha value is -4.63. The Labute approximate surface area is 267 Å². The molecule has 3 N–H and O–H groups in total. The molecule has 1 aromatic heterocycles. The maximum atomic E-state index is 14.6. The highest BCUT2D eigenvalue weighted by atomic mass is 35.5. The lowest BCUT2D eigenvalue weighted by Crippen LogP contribution is -2.51. The Balaban J connectivity index is 0.00000154. The number of hydrogen-bond donors (Lipinski definition) is 3. The molecule has 3 aromatic rings. The third kappa shape index (κ3) is 7.77. The number of amides is 3. The first-order valence-corrected chi connectivity index (χ1v) is 14.6. The van der Waals surface area contributed by atoms with Crippen molar-refractivity contribution < 1.29 is 42.2 Å². The minimum absolute atomic E-state index is 0.0860. The summed E-state index contributed by atoms with van der Waals surface area (Å²) in [6.07, 6.45) is 3.74. The van der Waals surface area contributed by atoms with Gasteiger partial charge in [0.15, 0.2) is 17.4 Å². The van der Waals surface area contributed by atoms with Gasteiger partial charge in [-0.15, -0.1) is 0 Å². The van der Waals surface area contributed by atoms with Crippen LogP contribution in [0, 0.1) is 11.6 Å². The molecule has 12 nitrogen and oxygen atoms in total. The molecule has 1 atom stereocenters. The first kappa shape index (κ1) is 34.2. The lowest BCUT2D eigenvalue weighted by atomic mass is 10.1. The molecular weight excluding hydrogens is 633 g/mol. The molecule has 0 saturated carbocycles. The Kier molecular flexibility index (Phi) is 11.6. The molecule has 2 fully saturated rings. The smallest absolute Gasteiger partial charge is 0.291 e. The number of halogens is 4. The molecule has 246 valence electrons. The predicted molar refractivity (Wildman–Crippen MR) is 161 cm³/mol. The summed E-state index contributed by atoms with van der Waals surface area (Å²) in [6, 6.07) is 6.96. The van der Waals surface area contributed by atoms with Crippen molar-refractivity contribution >= 4 is 41.5 Å². The SMILES string of the molecule is Cn1c(-c2ccc(OCF)c(F)c2F)cnc1C(=O)Nc1ccc(C(=O)N2CCN(C(=O)C[C@@H]3CCCN3)CC2)c(Cl)c1.O=CO. The number of carboxylic acid groups (broad SMARTS) is 1. The van der Waals surface area contributed by atoms with E-state index in [1.165, 1.54) is 42.1 Å². The van der Waals surface area contributed by atoms with Gasteiger partial charge in [0.2, 0.25) is 18.6 Å². The lowest BCUT2D eigenvalue weighted by Gasteiger charge is -2.35. The van der Waals surface area contributed by atoms with Crippen LogP contribution in [0.15, 0.2) is 36.5 Å². The molecule has 46 heavy (non-hydrogen) atoms. The number of hydrogen-bond acceptors (Lipinski definition) is 7. The van der Waals surface area contributed by atoms with Gasteiger partial charge in [0.1, 0.15) is 0 Å². The monoisotopic (exact) mass is 664 g/mol. The second kappa shape index (κ2) is 15.6. The molecule has 0 aliphatic carbocycles. The first-order chi connectivity index (χ1) is 22.1. The van der Waals surface area contributed by atoms with Crippen molar-refractivity contribution in [3.63, 3.8) is 0 Å². The summed E-state index contributed by atoms with van der Waals surface area (Å²) < 4.78 is 47.0. The second-order valence-corrected chi connectivity index (χ2v) is 10.9. The van der Waals surface area contributed by atoms with Crippen molar-refractivity contribution in [2.24, 2.45) is 7.05 Å². The highest BCUT2D eigenvalue weighted by molar-refractivity contribution is 6.34. The molecule has 2 aliphatic heterocycles. The second-order valence-electron chi connectivity index (χ2n) is 10.4. The van der Waals surface area contributed by atoms with Crippen LogP contribution >= 0.6 is 11.6 Å². The van der Waals surface area contributed by atoms with Gasteiger partial charge in [0, 0.05) is 56.9 Å². The van der Waals surface area contributed by atoms with Gasteiger partial charge in [-0.05, 0) is 49.7 Å². The van der Waals surface area contributed by atoms with E-state index in [4.69, 9.17) is 21.5 Å². The van der Waals surface area contributed by atoms with Gasteiger partial charge < -0.3 is 34.8 Å². The third-order valence-electron chi connectivity index (χ3n) is 7.68. The van der Waals surface area contributed by atoms with Crippen molar-refractivity contribution in [1.29, 1.82) is 0 Å². The lowest BCUT2D eigenvalue weighted by molar-refractivity contribution is -0.133. The molecule has 3 amide bonds. The summed E-state index contributed by atoms with van der Waals surface area (Å²) in [4.78, 5) is 54.6. The highest BCUT2D eigenvalue weighted by Gasteiger charge is 2.28. The number of carbonyl (C=O) groups is 4. The van der Waals surface area contributed by atoms with E-state index in [1.54, 1.807) is 9.80 Å². The fourth-order valence-electron chi connectivity index (χ4n) is 5.32. The topological polar surface area (TPSA) is 146 Å². The van der Waals surface area contributed by atoms with Gasteiger partial charge in [-0.3, -0.25) is 19.2 Å². The maximum Gasteiger partial charge on any atom is 0.291 e. The maximum absolute atomic E-state index is 14.6. The number of rotatable bonds is 8. The van der Waals surface area contributed by atoms with Crippen molar-refractivity contribution in [3.05, 3.63) is 64.6 Å². The molecule has 2 aromatic carbocycles. The third-order valence-corrected chi connectivity index (χ3v) is 8.00. The average Bonchev–Trinajstić information content (AvgIpc) is 3.69. The summed E-state index contributed by atoms with van der Waals surface area (Å²) in [5.41, 5.74) is 0.451. The minimum Gasteiger partial charge on any atom is -0.483 e. The van der Waals surface area contributed by atoms with Crippen LogP contribution in [0.3, 0.4) is 0 Å². The fourth-order valence-corrected chi connectivity index (χ4v) is 5.59.